The molecule has 128 valence electrons. The highest BCUT2D eigenvalue weighted by Gasteiger charge is 2.23. The molecule has 3 rings (SSSR count). The monoisotopic (exact) mass is 357 g/mol. The van der Waals surface area contributed by atoms with Gasteiger partial charge in [0.15, 0.2) is 0 Å². The van der Waals surface area contributed by atoms with Gasteiger partial charge in [-0.15, -0.1) is 0 Å². The molecule has 1 fully saturated rings. The first-order valence-electron chi connectivity index (χ1n) is 8.02. The molecule has 0 N–H and O–H groups in total. The van der Waals surface area contributed by atoms with Crippen LogP contribution in [-0.2, 0) is 6.54 Å². The number of nitriles is 1. The minimum absolute atomic E-state index is 0.144. The summed E-state index contributed by atoms with van der Waals surface area (Å²) < 4.78 is 13.1. The third-order valence-corrected chi connectivity index (χ3v) is 4.62. The number of hydrogen-bond donors (Lipinski definition) is 0. The second-order valence-corrected chi connectivity index (χ2v) is 6.41. The average molecular weight is 358 g/mol. The number of carbonyl (C=O) groups is 1. The van der Waals surface area contributed by atoms with Crippen molar-refractivity contribution >= 4 is 17.5 Å². The number of rotatable bonds is 3. The van der Waals surface area contributed by atoms with Crippen molar-refractivity contribution in [1.82, 2.24) is 9.80 Å². The molecule has 1 aliphatic heterocycles. The van der Waals surface area contributed by atoms with Crippen LogP contribution in [0.2, 0.25) is 5.02 Å². The minimum Gasteiger partial charge on any atom is -0.336 e. The van der Waals surface area contributed by atoms with Crippen molar-refractivity contribution in [3.05, 3.63) is 70.0 Å². The first-order valence-corrected chi connectivity index (χ1v) is 8.40. The zero-order valence-corrected chi connectivity index (χ0v) is 14.3. The van der Waals surface area contributed by atoms with Gasteiger partial charge in [-0.3, -0.25) is 9.69 Å². The molecule has 0 unspecified atom stereocenters. The number of halogens is 2. The Balaban J connectivity index is 1.57. The van der Waals surface area contributed by atoms with Gasteiger partial charge < -0.3 is 4.90 Å². The van der Waals surface area contributed by atoms with Gasteiger partial charge >= 0.3 is 0 Å². The lowest BCUT2D eigenvalue weighted by Crippen LogP contribution is -2.48. The molecule has 0 bridgehead atoms. The van der Waals surface area contributed by atoms with Crippen molar-refractivity contribution in [3.8, 4) is 6.07 Å². The highest BCUT2D eigenvalue weighted by molar-refractivity contribution is 6.33. The van der Waals surface area contributed by atoms with Crippen molar-refractivity contribution in [2.24, 2.45) is 0 Å². The summed E-state index contributed by atoms with van der Waals surface area (Å²) in [4.78, 5) is 16.5. The molecule has 1 aliphatic rings. The highest BCUT2D eigenvalue weighted by atomic mass is 35.5. The van der Waals surface area contributed by atoms with Crippen LogP contribution in [0.5, 0.6) is 0 Å². The second kappa shape index (κ2) is 7.64. The Hall–Kier alpha value is -2.42. The second-order valence-electron chi connectivity index (χ2n) is 6.00. The summed E-state index contributed by atoms with van der Waals surface area (Å²) in [7, 11) is 0. The molecule has 0 aromatic heterocycles. The van der Waals surface area contributed by atoms with Crippen LogP contribution in [0.1, 0.15) is 21.5 Å². The van der Waals surface area contributed by atoms with Crippen LogP contribution in [0.15, 0.2) is 42.5 Å². The summed E-state index contributed by atoms with van der Waals surface area (Å²) in [5.74, 6) is -0.614. The van der Waals surface area contributed by atoms with Gasteiger partial charge in [-0.1, -0.05) is 23.7 Å². The Bertz CT molecular complexity index is 808. The molecule has 1 amide bonds. The lowest BCUT2D eigenvalue weighted by molar-refractivity contribution is 0.0628. The Morgan fingerprint density at radius 1 is 1.12 bits per heavy atom. The van der Waals surface area contributed by atoms with Crippen molar-refractivity contribution in [3.63, 3.8) is 0 Å². The van der Waals surface area contributed by atoms with Crippen LogP contribution in [0.4, 0.5) is 4.39 Å². The Labute approximate surface area is 151 Å². The maximum absolute atomic E-state index is 13.1. The molecule has 2 aromatic rings. The van der Waals surface area contributed by atoms with Crippen LogP contribution < -0.4 is 0 Å². The summed E-state index contributed by atoms with van der Waals surface area (Å²) in [6, 6.07) is 13.5. The van der Waals surface area contributed by atoms with Crippen molar-refractivity contribution in [2.75, 3.05) is 26.2 Å². The van der Waals surface area contributed by atoms with Crippen LogP contribution in [0, 0.1) is 17.1 Å². The van der Waals surface area contributed by atoms with E-state index in [0.717, 1.165) is 31.3 Å². The van der Waals surface area contributed by atoms with Crippen LogP contribution >= 0.6 is 11.6 Å². The minimum atomic E-state index is -0.450. The van der Waals surface area contributed by atoms with Crippen molar-refractivity contribution in [1.29, 1.82) is 5.26 Å². The molecule has 6 heteroatoms. The lowest BCUT2D eigenvalue weighted by atomic mass is 10.1. The zero-order valence-electron chi connectivity index (χ0n) is 13.6. The lowest BCUT2D eigenvalue weighted by Gasteiger charge is -2.35. The van der Waals surface area contributed by atoms with Gasteiger partial charge in [0.25, 0.3) is 5.91 Å². The molecule has 2 aromatic carbocycles. The predicted molar refractivity (Wildman–Crippen MR) is 93.7 cm³/mol. The standard InChI is InChI=1S/C19H17ClFN3O/c20-18-11-16(21)5-6-17(18)19(25)24-9-7-23(8-10-24)13-15-3-1-14(12-22)2-4-15/h1-6,11H,7-10,13H2. The maximum atomic E-state index is 13.1. The van der Waals surface area contributed by atoms with Gasteiger partial charge in [0, 0.05) is 32.7 Å². The molecular formula is C19H17ClFN3O. The van der Waals surface area contributed by atoms with Crippen LogP contribution in [0.25, 0.3) is 0 Å². The Morgan fingerprint density at radius 3 is 2.40 bits per heavy atom. The third kappa shape index (κ3) is 4.16. The largest absolute Gasteiger partial charge is 0.336 e. The molecule has 25 heavy (non-hydrogen) atoms. The van der Waals surface area contributed by atoms with Crippen LogP contribution in [-0.4, -0.2) is 41.9 Å². The molecule has 1 heterocycles. The molecule has 1 saturated heterocycles. The summed E-state index contributed by atoms with van der Waals surface area (Å²) in [5, 5.41) is 8.98. The van der Waals surface area contributed by atoms with Crippen LogP contribution in [0.3, 0.4) is 0 Å². The molecule has 0 spiro atoms. The van der Waals surface area contributed by atoms with E-state index in [1.165, 1.54) is 12.1 Å². The number of benzene rings is 2. The van der Waals surface area contributed by atoms with Gasteiger partial charge in [-0.25, -0.2) is 4.39 Å². The van der Waals surface area contributed by atoms with Gasteiger partial charge in [0.1, 0.15) is 5.82 Å². The number of carbonyl (C=O) groups excluding carboxylic acids is 1. The predicted octanol–water partition coefficient (Wildman–Crippen LogP) is 3.31. The summed E-state index contributed by atoms with van der Waals surface area (Å²) in [6.45, 7) is 3.49. The fourth-order valence-electron chi connectivity index (χ4n) is 2.89. The fraction of sp³-hybridized carbons (Fsp3) is 0.263. The van der Waals surface area contributed by atoms with E-state index in [-0.39, 0.29) is 10.9 Å². The Kier molecular flexibility index (Phi) is 5.32. The summed E-state index contributed by atoms with van der Waals surface area (Å²) in [6.07, 6.45) is 0. The van der Waals surface area contributed by atoms with Gasteiger partial charge in [0.2, 0.25) is 0 Å². The van der Waals surface area contributed by atoms with E-state index in [4.69, 9.17) is 16.9 Å². The zero-order chi connectivity index (χ0) is 17.8. The Morgan fingerprint density at radius 2 is 1.80 bits per heavy atom. The average Bonchev–Trinajstić information content (AvgIpc) is 2.62. The quantitative estimate of drug-likeness (QED) is 0.846. The molecular weight excluding hydrogens is 341 g/mol. The van der Waals surface area contributed by atoms with E-state index in [0.29, 0.717) is 24.2 Å². The topological polar surface area (TPSA) is 47.3 Å². The normalized spacial score (nSPS) is 15.0. The first kappa shape index (κ1) is 17.4. The third-order valence-electron chi connectivity index (χ3n) is 4.31. The smallest absolute Gasteiger partial charge is 0.255 e. The molecule has 4 nitrogen and oxygen atoms in total. The fourth-order valence-corrected chi connectivity index (χ4v) is 3.13. The van der Waals surface area contributed by atoms with E-state index < -0.39 is 5.82 Å². The van der Waals surface area contributed by atoms with E-state index in [9.17, 15) is 9.18 Å². The van der Waals surface area contributed by atoms with E-state index in [1.54, 1.807) is 4.90 Å². The molecule has 0 saturated carbocycles. The number of nitrogens with zero attached hydrogens (tertiary/aromatic N) is 3. The first-order chi connectivity index (χ1) is 12.1. The van der Waals surface area contributed by atoms with E-state index in [1.807, 2.05) is 24.3 Å². The number of piperazine rings is 1. The van der Waals surface area contributed by atoms with Gasteiger partial charge in [-0.2, -0.15) is 5.26 Å². The van der Waals surface area contributed by atoms with Crippen molar-refractivity contribution < 1.29 is 9.18 Å². The maximum Gasteiger partial charge on any atom is 0.255 e. The number of amides is 1. The van der Waals surface area contributed by atoms with E-state index >= 15 is 0 Å². The van der Waals surface area contributed by atoms with E-state index in [2.05, 4.69) is 11.0 Å². The molecule has 0 atom stereocenters. The SMILES string of the molecule is N#Cc1ccc(CN2CCN(C(=O)c3ccc(F)cc3Cl)CC2)cc1. The van der Waals surface area contributed by atoms with Gasteiger partial charge in [-0.05, 0) is 35.9 Å². The molecule has 0 radical (unpaired) electrons. The number of hydrogen-bond acceptors (Lipinski definition) is 3. The summed E-state index contributed by atoms with van der Waals surface area (Å²) in [5.41, 5.74) is 2.12. The summed E-state index contributed by atoms with van der Waals surface area (Å²) >= 11 is 5.98. The molecule has 0 aliphatic carbocycles. The van der Waals surface area contributed by atoms with Crippen molar-refractivity contribution in [2.45, 2.75) is 6.54 Å². The highest BCUT2D eigenvalue weighted by Crippen LogP contribution is 2.20. The van der Waals surface area contributed by atoms with Gasteiger partial charge in [0.05, 0.1) is 22.2 Å².